The van der Waals surface area contributed by atoms with E-state index in [1.165, 1.54) is 0 Å². The minimum absolute atomic E-state index is 0.0374. The average Bonchev–Trinajstić information content (AvgIpc) is 2.56. The predicted octanol–water partition coefficient (Wildman–Crippen LogP) is 0.948. The second-order valence-corrected chi connectivity index (χ2v) is 2.84. The van der Waals surface area contributed by atoms with E-state index in [0.29, 0.717) is 12.3 Å². The lowest BCUT2D eigenvalue weighted by Gasteiger charge is -1.99. The van der Waals surface area contributed by atoms with Crippen molar-refractivity contribution in [3.05, 3.63) is 35.7 Å². The standard InChI is InChI=1S/C9H9N3O2/c10-9-12-11-8(14-9)5-6-3-1-2-4-7(6)13/h1-4,13H,5H2,(H2,10,12). The highest BCUT2D eigenvalue weighted by Gasteiger charge is 2.06. The van der Waals surface area contributed by atoms with Crippen LogP contribution in [0.4, 0.5) is 6.01 Å². The van der Waals surface area contributed by atoms with Crippen molar-refractivity contribution in [3.8, 4) is 5.75 Å². The van der Waals surface area contributed by atoms with Crippen molar-refractivity contribution in [2.45, 2.75) is 6.42 Å². The zero-order chi connectivity index (χ0) is 9.97. The van der Waals surface area contributed by atoms with Gasteiger partial charge in [-0.2, -0.15) is 0 Å². The van der Waals surface area contributed by atoms with Gasteiger partial charge < -0.3 is 15.3 Å². The quantitative estimate of drug-likeness (QED) is 0.738. The van der Waals surface area contributed by atoms with Gasteiger partial charge in [0, 0.05) is 5.56 Å². The van der Waals surface area contributed by atoms with Gasteiger partial charge in [-0.3, -0.25) is 0 Å². The van der Waals surface area contributed by atoms with Crippen LogP contribution in [-0.4, -0.2) is 15.3 Å². The molecule has 2 aromatic rings. The molecule has 1 aromatic heterocycles. The molecule has 0 saturated heterocycles. The summed E-state index contributed by atoms with van der Waals surface area (Å²) < 4.78 is 4.99. The molecule has 0 aliphatic heterocycles. The summed E-state index contributed by atoms with van der Waals surface area (Å²) in [6, 6.07) is 7.01. The third-order valence-electron chi connectivity index (χ3n) is 1.82. The first-order chi connectivity index (χ1) is 6.75. The lowest BCUT2D eigenvalue weighted by atomic mass is 10.1. The van der Waals surface area contributed by atoms with E-state index in [-0.39, 0.29) is 11.8 Å². The minimum Gasteiger partial charge on any atom is -0.508 e. The summed E-state index contributed by atoms with van der Waals surface area (Å²) in [6.45, 7) is 0. The number of phenols is 1. The predicted molar refractivity (Wildman–Crippen MR) is 49.6 cm³/mol. The van der Waals surface area contributed by atoms with Crippen LogP contribution in [0.2, 0.25) is 0 Å². The van der Waals surface area contributed by atoms with Crippen LogP contribution in [-0.2, 0) is 6.42 Å². The molecule has 72 valence electrons. The van der Waals surface area contributed by atoms with Crippen molar-refractivity contribution in [2.24, 2.45) is 0 Å². The van der Waals surface area contributed by atoms with Crippen molar-refractivity contribution in [3.63, 3.8) is 0 Å². The van der Waals surface area contributed by atoms with Gasteiger partial charge >= 0.3 is 6.01 Å². The normalized spacial score (nSPS) is 10.3. The third-order valence-corrected chi connectivity index (χ3v) is 1.82. The number of nitrogen functional groups attached to an aromatic ring is 1. The SMILES string of the molecule is Nc1nnc(Cc2ccccc2O)o1. The van der Waals surface area contributed by atoms with Crippen molar-refractivity contribution in [1.82, 2.24) is 10.2 Å². The van der Waals surface area contributed by atoms with Crippen molar-refractivity contribution >= 4 is 6.01 Å². The Morgan fingerprint density at radius 3 is 2.71 bits per heavy atom. The van der Waals surface area contributed by atoms with Gasteiger partial charge in [-0.05, 0) is 6.07 Å². The molecule has 2 rings (SSSR count). The average molecular weight is 191 g/mol. The van der Waals surface area contributed by atoms with E-state index < -0.39 is 0 Å². The Balaban J connectivity index is 2.23. The third kappa shape index (κ3) is 1.66. The second kappa shape index (κ2) is 3.37. The van der Waals surface area contributed by atoms with Gasteiger partial charge in [-0.25, -0.2) is 0 Å². The van der Waals surface area contributed by atoms with Gasteiger partial charge in [0.15, 0.2) is 0 Å². The van der Waals surface area contributed by atoms with Gasteiger partial charge in [0.2, 0.25) is 5.89 Å². The highest BCUT2D eigenvalue weighted by atomic mass is 16.4. The number of nitrogens with two attached hydrogens (primary N) is 1. The molecule has 0 radical (unpaired) electrons. The van der Waals surface area contributed by atoms with Crippen molar-refractivity contribution < 1.29 is 9.52 Å². The van der Waals surface area contributed by atoms with Crippen LogP contribution in [0.3, 0.4) is 0 Å². The summed E-state index contributed by atoms with van der Waals surface area (Å²) >= 11 is 0. The molecule has 0 amide bonds. The fraction of sp³-hybridized carbons (Fsp3) is 0.111. The molecule has 14 heavy (non-hydrogen) atoms. The maximum Gasteiger partial charge on any atom is 0.312 e. The fourth-order valence-corrected chi connectivity index (χ4v) is 1.16. The summed E-state index contributed by atoms with van der Waals surface area (Å²) in [5, 5.41) is 16.7. The molecule has 0 fully saturated rings. The van der Waals surface area contributed by atoms with E-state index in [0.717, 1.165) is 5.56 Å². The molecular formula is C9H9N3O2. The second-order valence-electron chi connectivity index (χ2n) is 2.84. The van der Waals surface area contributed by atoms with Crippen LogP contribution in [0.15, 0.2) is 28.7 Å². The molecule has 0 aliphatic carbocycles. The van der Waals surface area contributed by atoms with E-state index in [4.69, 9.17) is 10.2 Å². The molecule has 0 saturated carbocycles. The number of rotatable bonds is 2. The Labute approximate surface area is 80.2 Å². The first kappa shape index (κ1) is 8.55. The molecule has 0 aliphatic rings. The topological polar surface area (TPSA) is 85.2 Å². The molecule has 0 bridgehead atoms. The maximum atomic E-state index is 9.46. The van der Waals surface area contributed by atoms with Crippen LogP contribution >= 0.6 is 0 Å². The van der Waals surface area contributed by atoms with Crippen LogP contribution in [0.1, 0.15) is 11.5 Å². The van der Waals surface area contributed by atoms with Crippen LogP contribution in [0.5, 0.6) is 5.75 Å². The lowest BCUT2D eigenvalue weighted by molar-refractivity contribution is 0.463. The Bertz CT molecular complexity index is 439. The molecule has 0 atom stereocenters. The van der Waals surface area contributed by atoms with Gasteiger partial charge in [0.25, 0.3) is 0 Å². The number of hydrogen-bond donors (Lipinski definition) is 2. The zero-order valence-corrected chi connectivity index (χ0v) is 7.34. The molecule has 5 nitrogen and oxygen atoms in total. The maximum absolute atomic E-state index is 9.46. The Hall–Kier alpha value is -2.04. The summed E-state index contributed by atoms with van der Waals surface area (Å²) in [6.07, 6.45) is 0.386. The van der Waals surface area contributed by atoms with Crippen LogP contribution in [0.25, 0.3) is 0 Å². The van der Waals surface area contributed by atoms with E-state index in [1.807, 2.05) is 6.07 Å². The Kier molecular flexibility index (Phi) is 2.06. The highest BCUT2D eigenvalue weighted by Crippen LogP contribution is 2.19. The number of hydrogen-bond acceptors (Lipinski definition) is 5. The largest absolute Gasteiger partial charge is 0.508 e. The van der Waals surface area contributed by atoms with E-state index >= 15 is 0 Å². The van der Waals surface area contributed by atoms with Crippen LogP contribution in [0, 0.1) is 0 Å². The summed E-state index contributed by atoms with van der Waals surface area (Å²) in [5.41, 5.74) is 6.00. The van der Waals surface area contributed by atoms with Gasteiger partial charge in [-0.15, -0.1) is 5.10 Å². The van der Waals surface area contributed by atoms with Crippen molar-refractivity contribution in [1.29, 1.82) is 0 Å². The molecule has 1 heterocycles. The van der Waals surface area contributed by atoms with Gasteiger partial charge in [-0.1, -0.05) is 23.3 Å². The van der Waals surface area contributed by atoms with E-state index in [9.17, 15) is 5.11 Å². The minimum atomic E-state index is 0.0374. The lowest BCUT2D eigenvalue weighted by Crippen LogP contribution is -1.88. The molecule has 0 spiro atoms. The zero-order valence-electron chi connectivity index (χ0n) is 7.34. The number of aromatic hydroxyl groups is 1. The first-order valence-electron chi connectivity index (χ1n) is 4.10. The Morgan fingerprint density at radius 2 is 2.07 bits per heavy atom. The van der Waals surface area contributed by atoms with E-state index in [2.05, 4.69) is 10.2 Å². The summed E-state index contributed by atoms with van der Waals surface area (Å²) in [7, 11) is 0. The number of para-hydroxylation sites is 1. The molecule has 5 heteroatoms. The smallest absolute Gasteiger partial charge is 0.312 e. The van der Waals surface area contributed by atoms with E-state index in [1.54, 1.807) is 18.2 Å². The molecular weight excluding hydrogens is 182 g/mol. The highest BCUT2D eigenvalue weighted by molar-refractivity contribution is 5.33. The number of phenolic OH excluding ortho intramolecular Hbond substituents is 1. The Morgan fingerprint density at radius 1 is 1.29 bits per heavy atom. The number of nitrogens with zero attached hydrogens (tertiary/aromatic N) is 2. The van der Waals surface area contributed by atoms with Gasteiger partial charge in [0.05, 0.1) is 6.42 Å². The number of anilines is 1. The number of aromatic nitrogens is 2. The fourth-order valence-electron chi connectivity index (χ4n) is 1.16. The first-order valence-corrected chi connectivity index (χ1v) is 4.10. The van der Waals surface area contributed by atoms with Crippen molar-refractivity contribution in [2.75, 3.05) is 5.73 Å². The monoisotopic (exact) mass is 191 g/mol. The summed E-state index contributed by atoms with van der Waals surface area (Å²) in [4.78, 5) is 0. The molecule has 3 N–H and O–H groups in total. The molecule has 0 unspecified atom stereocenters. The van der Waals surface area contributed by atoms with Crippen LogP contribution < -0.4 is 5.73 Å². The molecule has 1 aromatic carbocycles. The summed E-state index contributed by atoms with van der Waals surface area (Å²) in [5.74, 6) is 0.605. The number of benzene rings is 1. The van der Waals surface area contributed by atoms with Gasteiger partial charge in [0.1, 0.15) is 5.75 Å².